The first kappa shape index (κ1) is 37.6. The minimum absolute atomic E-state index is 0.119. The number of ether oxygens (including phenoxy) is 3. The third kappa shape index (κ3) is 25.7. The van der Waals surface area contributed by atoms with Crippen LogP contribution in [-0.2, 0) is 40.0 Å². The third-order valence-electron chi connectivity index (χ3n) is 4.92. The summed E-state index contributed by atoms with van der Waals surface area (Å²) in [6.45, 7) is 15.6. The van der Waals surface area contributed by atoms with Crippen LogP contribution in [0.25, 0.3) is 0 Å². The second-order valence-electron chi connectivity index (χ2n) is 8.09. The van der Waals surface area contributed by atoms with Gasteiger partial charge in [0.05, 0.1) is 18.6 Å². The molecule has 0 saturated heterocycles. The lowest BCUT2D eigenvalue weighted by Crippen LogP contribution is -2.25. The molecule has 1 aromatic carbocycles. The van der Waals surface area contributed by atoms with Gasteiger partial charge in [0.1, 0.15) is 6.61 Å². The van der Waals surface area contributed by atoms with Gasteiger partial charge in [-0.15, -0.1) is 0 Å². The molecule has 36 heavy (non-hydrogen) atoms. The number of carboxylic acids is 1. The lowest BCUT2D eigenvalue weighted by Gasteiger charge is -2.19. The molecule has 1 rings (SSSR count). The zero-order valence-electron chi connectivity index (χ0n) is 23.6. The molecule has 0 aliphatic rings. The van der Waals surface area contributed by atoms with Gasteiger partial charge in [0.2, 0.25) is 0 Å². The lowest BCUT2D eigenvalue weighted by atomic mass is 9.85. The van der Waals surface area contributed by atoms with Crippen molar-refractivity contribution >= 4 is 23.9 Å². The molecule has 0 radical (unpaired) electrons. The van der Waals surface area contributed by atoms with Gasteiger partial charge in [0.25, 0.3) is 0 Å². The predicted molar refractivity (Wildman–Crippen MR) is 141 cm³/mol. The van der Waals surface area contributed by atoms with Crippen molar-refractivity contribution in [1.82, 2.24) is 0 Å². The average Bonchev–Trinajstić information content (AvgIpc) is 2.84. The molecule has 0 spiro atoms. The van der Waals surface area contributed by atoms with Gasteiger partial charge in [-0.25, -0.2) is 0 Å². The van der Waals surface area contributed by atoms with E-state index in [0.717, 1.165) is 24.8 Å². The Hall–Kier alpha value is -2.90. The quantitative estimate of drug-likeness (QED) is 0.207. The molecule has 0 bridgehead atoms. The van der Waals surface area contributed by atoms with Gasteiger partial charge in [0.15, 0.2) is 0 Å². The van der Waals surface area contributed by atoms with E-state index < -0.39 is 11.4 Å². The number of aliphatic carboxylic acids is 1. The maximum atomic E-state index is 11.0. The molecule has 8 nitrogen and oxygen atoms in total. The first-order chi connectivity index (χ1) is 16.9. The second-order valence-corrected chi connectivity index (χ2v) is 8.09. The summed E-state index contributed by atoms with van der Waals surface area (Å²) in [5.74, 6) is -1.20. The van der Waals surface area contributed by atoms with Crippen molar-refractivity contribution < 1.29 is 38.5 Å². The van der Waals surface area contributed by atoms with Crippen molar-refractivity contribution in [2.75, 3.05) is 13.2 Å². The normalized spacial score (nSPS) is 9.56. The highest BCUT2D eigenvalue weighted by Gasteiger charge is 2.28. The van der Waals surface area contributed by atoms with E-state index in [1.807, 2.05) is 51.1 Å². The molecule has 0 unspecified atom stereocenters. The maximum absolute atomic E-state index is 11.0. The Balaban J connectivity index is -0.000000422. The summed E-state index contributed by atoms with van der Waals surface area (Å²) in [6, 6.07) is 9.70. The number of carboxylic acid groups (broad SMARTS) is 1. The Morgan fingerprint density at radius 3 is 1.64 bits per heavy atom. The molecular weight excluding hydrogens is 464 g/mol. The largest absolute Gasteiger partial charge is 0.481 e. The number of rotatable bonds is 11. The topological polar surface area (TPSA) is 116 Å². The first-order valence-electron chi connectivity index (χ1n) is 12.6. The summed E-state index contributed by atoms with van der Waals surface area (Å²) in [4.78, 5) is 41.4. The van der Waals surface area contributed by atoms with Crippen LogP contribution in [0.4, 0.5) is 0 Å². The van der Waals surface area contributed by atoms with Crippen LogP contribution in [0, 0.1) is 5.41 Å². The number of hydrogen-bond donors (Lipinski definition) is 1. The fourth-order valence-corrected chi connectivity index (χ4v) is 2.13. The van der Waals surface area contributed by atoms with Crippen molar-refractivity contribution in [1.29, 1.82) is 0 Å². The van der Waals surface area contributed by atoms with Crippen LogP contribution in [0.1, 0.15) is 99.5 Å². The molecule has 0 saturated carbocycles. The molecule has 1 aromatic rings. The molecule has 0 atom stereocenters. The Kier molecular flexibility index (Phi) is 26.4. The lowest BCUT2D eigenvalue weighted by molar-refractivity contribution is -0.148. The van der Waals surface area contributed by atoms with Crippen molar-refractivity contribution in [3.05, 3.63) is 35.9 Å². The Morgan fingerprint density at radius 2 is 1.33 bits per heavy atom. The van der Waals surface area contributed by atoms with E-state index in [1.165, 1.54) is 13.8 Å². The fraction of sp³-hybridized carbons (Fsp3) is 0.643. The molecule has 0 aromatic heterocycles. The zero-order chi connectivity index (χ0) is 28.4. The summed E-state index contributed by atoms with van der Waals surface area (Å²) >= 11 is 0. The predicted octanol–water partition coefficient (Wildman–Crippen LogP) is 6.35. The van der Waals surface area contributed by atoms with Gasteiger partial charge in [0, 0.05) is 20.3 Å². The monoisotopic (exact) mass is 512 g/mol. The van der Waals surface area contributed by atoms with Crippen LogP contribution in [0.15, 0.2) is 30.3 Å². The van der Waals surface area contributed by atoms with Gasteiger partial charge < -0.3 is 19.3 Å². The summed E-state index contributed by atoms with van der Waals surface area (Å²) in [5, 5.41) is 8.63. The van der Waals surface area contributed by atoms with Crippen molar-refractivity contribution in [2.45, 2.75) is 101 Å². The molecule has 0 heterocycles. The van der Waals surface area contributed by atoms with E-state index in [0.29, 0.717) is 39.1 Å². The van der Waals surface area contributed by atoms with E-state index in [9.17, 15) is 19.2 Å². The van der Waals surface area contributed by atoms with Crippen LogP contribution in [0.5, 0.6) is 0 Å². The first-order valence-corrected chi connectivity index (χ1v) is 12.6. The summed E-state index contributed by atoms with van der Waals surface area (Å²) < 4.78 is 14.1. The van der Waals surface area contributed by atoms with E-state index in [2.05, 4.69) is 16.4 Å². The van der Waals surface area contributed by atoms with Crippen LogP contribution in [0.2, 0.25) is 0 Å². The highest BCUT2D eigenvalue weighted by molar-refractivity contribution is 5.73. The van der Waals surface area contributed by atoms with Gasteiger partial charge in [-0.05, 0) is 45.1 Å². The highest BCUT2D eigenvalue weighted by atomic mass is 16.5. The minimum atomic E-state index is -0.687. The molecular formula is C28H48O8. The Morgan fingerprint density at radius 1 is 0.806 bits per heavy atom. The number of carbonyl (C=O) groups is 4. The van der Waals surface area contributed by atoms with Gasteiger partial charge in [-0.3, -0.25) is 19.2 Å². The van der Waals surface area contributed by atoms with Gasteiger partial charge >= 0.3 is 23.9 Å². The zero-order valence-corrected chi connectivity index (χ0v) is 23.6. The Bertz CT molecular complexity index is 697. The van der Waals surface area contributed by atoms with Crippen LogP contribution >= 0.6 is 0 Å². The second kappa shape index (κ2) is 25.2. The van der Waals surface area contributed by atoms with Crippen molar-refractivity contribution in [3.8, 4) is 0 Å². The highest BCUT2D eigenvalue weighted by Crippen LogP contribution is 2.24. The molecule has 8 heteroatoms. The van der Waals surface area contributed by atoms with E-state index in [1.54, 1.807) is 13.8 Å². The molecule has 0 aliphatic carbocycles. The number of unbranched alkanes of at least 4 members (excludes halogenated alkanes) is 1. The minimum Gasteiger partial charge on any atom is -0.481 e. The molecule has 1 N–H and O–H groups in total. The van der Waals surface area contributed by atoms with Crippen molar-refractivity contribution in [2.24, 2.45) is 5.41 Å². The fourth-order valence-electron chi connectivity index (χ4n) is 2.13. The molecule has 208 valence electrons. The van der Waals surface area contributed by atoms with E-state index in [-0.39, 0.29) is 17.9 Å². The number of benzene rings is 1. The average molecular weight is 513 g/mol. The van der Waals surface area contributed by atoms with Crippen LogP contribution in [0.3, 0.4) is 0 Å². The summed E-state index contributed by atoms with van der Waals surface area (Å²) in [5.41, 5.74) is 0.534. The SMILES string of the molecule is CCC(C)(CC)C(=O)O.CCCC(=O)OCc1ccccc1.CCCCOC(C)=O.CCOC(C)=O. The van der Waals surface area contributed by atoms with E-state index in [4.69, 9.17) is 9.84 Å². The maximum Gasteiger partial charge on any atom is 0.309 e. The molecule has 0 aliphatic heterocycles. The number of esters is 3. The van der Waals surface area contributed by atoms with Crippen LogP contribution < -0.4 is 0 Å². The Labute approximate surface area is 217 Å². The summed E-state index contributed by atoms with van der Waals surface area (Å²) in [6.07, 6.45) is 4.81. The van der Waals surface area contributed by atoms with Crippen LogP contribution in [-0.4, -0.2) is 42.2 Å². The number of carbonyl (C=O) groups excluding carboxylic acids is 3. The van der Waals surface area contributed by atoms with Crippen molar-refractivity contribution in [3.63, 3.8) is 0 Å². The molecule has 0 amide bonds. The molecule has 0 fully saturated rings. The van der Waals surface area contributed by atoms with E-state index >= 15 is 0 Å². The van der Waals surface area contributed by atoms with Gasteiger partial charge in [-0.1, -0.05) is 64.4 Å². The third-order valence-corrected chi connectivity index (χ3v) is 4.92. The smallest absolute Gasteiger partial charge is 0.309 e. The number of hydrogen-bond acceptors (Lipinski definition) is 7. The summed E-state index contributed by atoms with van der Waals surface area (Å²) in [7, 11) is 0. The standard InChI is InChI=1S/C11H14O2.C7H14O2.C6H12O2.C4H8O2/c1-2-6-11(12)13-9-10-7-4-3-5-8-10;1-4-7(3,5-2)6(8)9;1-3-4-5-8-6(2)7;1-3-6-4(2)5/h3-5,7-8H,2,6,9H2,1H3;4-5H2,1-3H3,(H,8,9);3-5H2,1-2H3;3H2,1-2H3. The van der Waals surface area contributed by atoms with Gasteiger partial charge in [-0.2, -0.15) is 0 Å².